The first-order chi connectivity index (χ1) is 0. The summed E-state index contributed by atoms with van der Waals surface area (Å²) in [6.45, 7) is 0. The van der Waals surface area contributed by atoms with Gasteiger partial charge >= 0.3 is 0 Å². The summed E-state index contributed by atoms with van der Waals surface area (Å²) in [5.41, 5.74) is 0. The van der Waals surface area contributed by atoms with Crippen LogP contribution in [0, 0.1) is 0 Å². The van der Waals surface area contributed by atoms with Crippen LogP contribution in [0.4, 0.5) is 0 Å². The molecule has 4 heteroatoms. The summed E-state index contributed by atoms with van der Waals surface area (Å²) in [6.07, 6.45) is 0. The fourth-order valence-electron chi connectivity index (χ4n) is 0. The van der Waals surface area contributed by atoms with Crippen molar-refractivity contribution in [1.29, 1.82) is 0 Å². The minimum atomic E-state index is 0. The van der Waals surface area contributed by atoms with Gasteiger partial charge < -0.3 is 16.4 Å². The molecule has 0 saturated carbocycles. The molecule has 0 aliphatic heterocycles. The summed E-state index contributed by atoms with van der Waals surface area (Å²) in [7, 11) is 0. The third-order valence-corrected chi connectivity index (χ3v) is 0. The van der Waals surface area contributed by atoms with Crippen molar-refractivity contribution in [3.63, 3.8) is 0 Å². The highest BCUT2D eigenvalue weighted by atomic mass is 27.0. The molecule has 0 saturated heterocycles. The maximum Gasteiger partial charge on any atom is 0.146 e. The molecule has 0 unspecified atom stereocenters. The summed E-state index contributed by atoms with van der Waals surface area (Å²) in [4.78, 5) is 0. The Morgan fingerprint density at radius 1 is 0.500 bits per heavy atom. The van der Waals surface area contributed by atoms with Crippen molar-refractivity contribution < 1.29 is 16.4 Å². The van der Waals surface area contributed by atoms with Gasteiger partial charge in [-0.15, -0.1) is 0 Å². The Bertz CT molecular complexity index is 3.25. The fraction of sp³-hybridized carbons (Fsp3) is 0. The van der Waals surface area contributed by atoms with Gasteiger partial charge in [0.15, 0.2) is 0 Å². The van der Waals surface area contributed by atoms with Crippen LogP contribution in [0.25, 0.3) is 0 Å². The van der Waals surface area contributed by atoms with Crippen LogP contribution in [0.3, 0.4) is 0 Å². The van der Waals surface area contributed by atoms with Gasteiger partial charge in [0.05, 0.1) is 0 Å². The highest BCUT2D eigenvalue weighted by molar-refractivity contribution is 5.75. The van der Waals surface area contributed by atoms with E-state index in [2.05, 4.69) is 0 Å². The molecule has 0 spiro atoms. The Kier molecular flexibility index (Phi) is 8810. The SMILES string of the molecule is O.O.O.[AlH2]. The van der Waals surface area contributed by atoms with Gasteiger partial charge in [0, 0.05) is 0 Å². The fourth-order valence-corrected chi connectivity index (χ4v) is 0. The molecule has 0 aromatic rings. The van der Waals surface area contributed by atoms with Gasteiger partial charge in [0.2, 0.25) is 0 Å². The predicted octanol–water partition coefficient (Wildman–Crippen LogP) is -3.39. The third kappa shape index (κ3) is 28.3. The zero-order chi connectivity index (χ0) is 0. The Balaban J connectivity index is 0. The first kappa shape index (κ1) is 302. The van der Waals surface area contributed by atoms with Crippen LogP contribution in [0.2, 0.25) is 0 Å². The van der Waals surface area contributed by atoms with E-state index in [9.17, 15) is 0 Å². The van der Waals surface area contributed by atoms with E-state index in [1.54, 1.807) is 0 Å². The van der Waals surface area contributed by atoms with E-state index in [1.165, 1.54) is 0 Å². The topological polar surface area (TPSA) is 94.5 Å². The van der Waals surface area contributed by atoms with E-state index in [1.807, 2.05) is 0 Å². The quantitative estimate of drug-likeness (QED) is 0.273. The van der Waals surface area contributed by atoms with Crippen molar-refractivity contribution in [2.75, 3.05) is 0 Å². The lowest BCUT2D eigenvalue weighted by Crippen LogP contribution is -0.381. The molecular formula is H8AlO3. The molecule has 0 amide bonds. The summed E-state index contributed by atoms with van der Waals surface area (Å²) in [5.74, 6) is 0. The smallest absolute Gasteiger partial charge is 0.146 e. The molecule has 0 aliphatic rings. The van der Waals surface area contributed by atoms with Crippen molar-refractivity contribution in [3.8, 4) is 0 Å². The van der Waals surface area contributed by atoms with E-state index in [0.717, 1.165) is 0 Å². The standard InChI is InChI=1S/Al.3H2O.2H/h;3*1H2;;. The van der Waals surface area contributed by atoms with Crippen LogP contribution in [-0.4, -0.2) is 33.8 Å². The van der Waals surface area contributed by atoms with Crippen LogP contribution in [0.1, 0.15) is 0 Å². The second-order valence-corrected chi connectivity index (χ2v) is 0. The summed E-state index contributed by atoms with van der Waals surface area (Å²) < 4.78 is 0. The Morgan fingerprint density at radius 3 is 0.500 bits per heavy atom. The summed E-state index contributed by atoms with van der Waals surface area (Å²) >= 11 is 0. The lowest BCUT2D eigenvalue weighted by Gasteiger charge is -0.413. The summed E-state index contributed by atoms with van der Waals surface area (Å²) in [5, 5.41) is 0. The van der Waals surface area contributed by atoms with Crippen LogP contribution in [0.5, 0.6) is 0 Å². The second kappa shape index (κ2) is 117. The van der Waals surface area contributed by atoms with Crippen LogP contribution in [-0.2, 0) is 0 Å². The molecule has 4 heavy (non-hydrogen) atoms. The van der Waals surface area contributed by atoms with Crippen molar-refractivity contribution >= 4 is 17.4 Å². The van der Waals surface area contributed by atoms with Crippen molar-refractivity contribution in [3.05, 3.63) is 0 Å². The average molecular weight is 83.0 g/mol. The molecule has 0 aromatic carbocycles. The molecule has 29 valence electrons. The molecule has 0 bridgehead atoms. The number of hydrogen-bond donors (Lipinski definition) is 0. The van der Waals surface area contributed by atoms with E-state index < -0.39 is 0 Å². The maximum atomic E-state index is 0. The zero-order valence-electron chi connectivity index (χ0n) is 2.50. The molecular weight excluding hydrogens is 75.0 g/mol. The van der Waals surface area contributed by atoms with Crippen LogP contribution >= 0.6 is 0 Å². The maximum absolute atomic E-state index is 0. The molecule has 0 heterocycles. The molecule has 6 N–H and O–H groups in total. The third-order valence-electron chi connectivity index (χ3n) is 0. The molecule has 3 nitrogen and oxygen atoms in total. The van der Waals surface area contributed by atoms with Gasteiger partial charge in [-0.1, -0.05) is 0 Å². The number of hydrogen-bond acceptors (Lipinski definition) is 0. The Labute approximate surface area is 34.7 Å². The van der Waals surface area contributed by atoms with E-state index in [0.29, 0.717) is 0 Å². The van der Waals surface area contributed by atoms with Gasteiger partial charge in [0.1, 0.15) is 17.4 Å². The van der Waals surface area contributed by atoms with E-state index >= 15 is 0 Å². The Morgan fingerprint density at radius 2 is 0.500 bits per heavy atom. The second-order valence-electron chi connectivity index (χ2n) is 0. The van der Waals surface area contributed by atoms with Crippen molar-refractivity contribution in [2.45, 2.75) is 0 Å². The van der Waals surface area contributed by atoms with Gasteiger partial charge in [0.25, 0.3) is 0 Å². The van der Waals surface area contributed by atoms with Gasteiger partial charge in [-0.05, 0) is 0 Å². The Hall–Kier alpha value is 0.412. The predicted molar refractivity (Wildman–Crippen MR) is 19.4 cm³/mol. The molecule has 0 aliphatic carbocycles. The van der Waals surface area contributed by atoms with Crippen LogP contribution < -0.4 is 0 Å². The van der Waals surface area contributed by atoms with E-state index in [4.69, 9.17) is 0 Å². The van der Waals surface area contributed by atoms with Gasteiger partial charge in [-0.3, -0.25) is 0 Å². The van der Waals surface area contributed by atoms with Gasteiger partial charge in [-0.2, -0.15) is 0 Å². The molecule has 0 aromatic heterocycles. The molecule has 0 atom stereocenters. The largest absolute Gasteiger partial charge is 0.412 e. The summed E-state index contributed by atoms with van der Waals surface area (Å²) in [6, 6.07) is 0. The monoisotopic (exact) mass is 83.0 g/mol. The first-order valence-electron chi connectivity index (χ1n) is 0. The minimum absolute atomic E-state index is 0. The number of rotatable bonds is 0. The zero-order valence-corrected chi connectivity index (χ0v) is 4.50. The lowest BCUT2D eigenvalue weighted by atomic mass is 16.0. The van der Waals surface area contributed by atoms with Crippen LogP contribution in [0.15, 0.2) is 0 Å². The highest BCUT2D eigenvalue weighted by Crippen LogP contribution is -0.287. The molecule has 1 radical (unpaired) electrons. The average Bonchev–Trinajstić information content (AvgIpc) is 0. The van der Waals surface area contributed by atoms with E-state index in [-0.39, 0.29) is 33.8 Å². The van der Waals surface area contributed by atoms with Crippen molar-refractivity contribution in [1.82, 2.24) is 0 Å². The van der Waals surface area contributed by atoms with Crippen molar-refractivity contribution in [2.24, 2.45) is 0 Å². The van der Waals surface area contributed by atoms with Gasteiger partial charge in [-0.25, -0.2) is 0 Å². The molecule has 0 rings (SSSR count). The molecule has 0 fully saturated rings. The first-order valence-corrected chi connectivity index (χ1v) is 0. The normalized spacial score (nSPS) is 0. The lowest BCUT2D eigenvalue weighted by molar-refractivity contribution is 0.823. The highest BCUT2D eigenvalue weighted by Gasteiger charge is 0.146. The minimum Gasteiger partial charge on any atom is -0.412 e.